The predicted molar refractivity (Wildman–Crippen MR) is 121 cm³/mol. The van der Waals surface area contributed by atoms with Crippen LogP contribution in [0.2, 0.25) is 0 Å². The van der Waals surface area contributed by atoms with Gasteiger partial charge in [0.05, 0.1) is 11.4 Å². The van der Waals surface area contributed by atoms with Gasteiger partial charge in [-0.2, -0.15) is 0 Å². The van der Waals surface area contributed by atoms with Gasteiger partial charge in [-0.15, -0.1) is 0 Å². The number of aromatic nitrogens is 2. The van der Waals surface area contributed by atoms with Crippen LogP contribution in [0.1, 0.15) is 28.2 Å². The molecule has 0 radical (unpaired) electrons. The van der Waals surface area contributed by atoms with Crippen molar-refractivity contribution in [3.05, 3.63) is 119 Å². The first-order chi connectivity index (χ1) is 14.8. The second kappa shape index (κ2) is 8.60. The first-order valence-electron chi connectivity index (χ1n) is 10.6. The van der Waals surface area contributed by atoms with Crippen molar-refractivity contribution in [1.82, 2.24) is 14.9 Å². The molecule has 1 aliphatic rings. The molecule has 0 saturated carbocycles. The summed E-state index contributed by atoms with van der Waals surface area (Å²) in [5, 5.41) is 0. The smallest absolute Gasteiger partial charge is 0.133 e. The van der Waals surface area contributed by atoms with Crippen molar-refractivity contribution in [2.45, 2.75) is 25.9 Å². The fraction of sp³-hybridized carbons (Fsp3) is 0.185. The summed E-state index contributed by atoms with van der Waals surface area (Å²) in [5.41, 5.74) is 7.36. The maximum atomic E-state index is 5.03. The molecule has 0 unspecified atom stereocenters. The van der Waals surface area contributed by atoms with Crippen LogP contribution < -0.4 is 0 Å². The largest absolute Gasteiger partial charge is 0.293 e. The minimum absolute atomic E-state index is 0.757. The average Bonchev–Trinajstić information content (AvgIpc) is 2.80. The number of hydrogen-bond donors (Lipinski definition) is 0. The molecule has 0 amide bonds. The Morgan fingerprint density at radius 3 is 2.03 bits per heavy atom. The van der Waals surface area contributed by atoms with Crippen LogP contribution in [0.4, 0.5) is 0 Å². The van der Waals surface area contributed by atoms with Crippen molar-refractivity contribution in [1.29, 1.82) is 0 Å². The second-order valence-electron chi connectivity index (χ2n) is 7.89. The maximum Gasteiger partial charge on any atom is 0.133 e. The van der Waals surface area contributed by atoms with Gasteiger partial charge in [0.1, 0.15) is 5.82 Å². The lowest BCUT2D eigenvalue weighted by Gasteiger charge is -2.29. The van der Waals surface area contributed by atoms with Gasteiger partial charge in [0, 0.05) is 37.2 Å². The summed E-state index contributed by atoms with van der Waals surface area (Å²) in [6.45, 7) is 2.86. The van der Waals surface area contributed by atoms with Gasteiger partial charge < -0.3 is 0 Å². The molecule has 0 fully saturated rings. The Kier molecular flexibility index (Phi) is 5.36. The highest BCUT2D eigenvalue weighted by Crippen LogP contribution is 2.29. The third kappa shape index (κ3) is 4.17. The number of nitrogens with zero attached hydrogens (tertiary/aromatic N) is 3. The van der Waals surface area contributed by atoms with Crippen molar-refractivity contribution in [2.75, 3.05) is 6.54 Å². The van der Waals surface area contributed by atoms with Crippen LogP contribution in [0.15, 0.2) is 91.0 Å². The molecule has 4 aromatic rings. The molecule has 5 rings (SSSR count). The standard InChI is InChI=1S/C27H25N3/c1-4-10-21(11-5-1)18-26-28-25-20-30(19-22-12-6-2-7-13-22)17-16-24(25)27(29-26)23-14-8-3-9-15-23/h1-15H,16-20H2. The van der Waals surface area contributed by atoms with Gasteiger partial charge in [0.25, 0.3) is 0 Å². The van der Waals surface area contributed by atoms with E-state index in [1.165, 1.54) is 27.9 Å². The summed E-state index contributed by atoms with van der Waals surface area (Å²) in [6.07, 6.45) is 1.74. The van der Waals surface area contributed by atoms with E-state index >= 15 is 0 Å². The second-order valence-corrected chi connectivity index (χ2v) is 7.89. The molecule has 2 heterocycles. The van der Waals surface area contributed by atoms with Gasteiger partial charge in [-0.1, -0.05) is 91.0 Å². The van der Waals surface area contributed by atoms with Crippen molar-refractivity contribution in [3.8, 4) is 11.3 Å². The zero-order valence-electron chi connectivity index (χ0n) is 17.0. The molecule has 0 atom stereocenters. The average molecular weight is 392 g/mol. The first-order valence-corrected chi connectivity index (χ1v) is 10.6. The minimum atomic E-state index is 0.757. The fourth-order valence-electron chi connectivity index (χ4n) is 4.20. The minimum Gasteiger partial charge on any atom is -0.293 e. The van der Waals surface area contributed by atoms with Gasteiger partial charge in [0.2, 0.25) is 0 Å². The number of fused-ring (bicyclic) bond motifs is 1. The van der Waals surface area contributed by atoms with Gasteiger partial charge in [-0.05, 0) is 17.5 Å². The van der Waals surface area contributed by atoms with Gasteiger partial charge in [0.15, 0.2) is 0 Å². The normalized spacial score (nSPS) is 13.7. The van der Waals surface area contributed by atoms with E-state index in [1.807, 2.05) is 6.07 Å². The summed E-state index contributed by atoms with van der Waals surface area (Å²) in [7, 11) is 0. The monoisotopic (exact) mass is 391 g/mol. The van der Waals surface area contributed by atoms with E-state index in [0.717, 1.165) is 44.0 Å². The highest BCUT2D eigenvalue weighted by Gasteiger charge is 2.23. The van der Waals surface area contributed by atoms with Crippen LogP contribution in [-0.2, 0) is 25.9 Å². The molecule has 1 aromatic heterocycles. The molecular weight excluding hydrogens is 366 g/mol. The zero-order chi connectivity index (χ0) is 20.2. The van der Waals surface area contributed by atoms with Crippen LogP contribution in [0.5, 0.6) is 0 Å². The Morgan fingerprint density at radius 1 is 0.700 bits per heavy atom. The molecule has 0 saturated heterocycles. The van der Waals surface area contributed by atoms with Gasteiger partial charge in [-0.3, -0.25) is 4.90 Å². The number of hydrogen-bond acceptors (Lipinski definition) is 3. The summed E-state index contributed by atoms with van der Waals surface area (Å²) < 4.78 is 0. The van der Waals surface area contributed by atoms with E-state index in [4.69, 9.17) is 9.97 Å². The Morgan fingerprint density at radius 2 is 1.33 bits per heavy atom. The summed E-state index contributed by atoms with van der Waals surface area (Å²) in [5.74, 6) is 0.903. The zero-order valence-corrected chi connectivity index (χ0v) is 17.0. The number of benzene rings is 3. The molecule has 3 heteroatoms. The summed E-state index contributed by atoms with van der Waals surface area (Å²) in [4.78, 5) is 12.6. The lowest BCUT2D eigenvalue weighted by Crippen LogP contribution is -2.31. The van der Waals surface area contributed by atoms with E-state index in [2.05, 4.69) is 89.8 Å². The van der Waals surface area contributed by atoms with Gasteiger partial charge in [-0.25, -0.2) is 9.97 Å². The lowest BCUT2D eigenvalue weighted by atomic mass is 9.97. The predicted octanol–water partition coefficient (Wildman–Crippen LogP) is 5.29. The van der Waals surface area contributed by atoms with Crippen molar-refractivity contribution in [3.63, 3.8) is 0 Å². The molecule has 0 N–H and O–H groups in total. The highest BCUT2D eigenvalue weighted by atomic mass is 15.1. The third-order valence-electron chi connectivity index (χ3n) is 5.69. The third-order valence-corrected chi connectivity index (χ3v) is 5.69. The van der Waals surface area contributed by atoms with Crippen molar-refractivity contribution < 1.29 is 0 Å². The summed E-state index contributed by atoms with van der Waals surface area (Å²) in [6, 6.07) is 31.7. The van der Waals surface area contributed by atoms with Crippen LogP contribution >= 0.6 is 0 Å². The Hall–Kier alpha value is -3.30. The van der Waals surface area contributed by atoms with E-state index < -0.39 is 0 Å². The van der Waals surface area contributed by atoms with E-state index in [0.29, 0.717) is 0 Å². The Bertz CT molecular complexity index is 1110. The van der Waals surface area contributed by atoms with E-state index in [9.17, 15) is 0 Å². The molecule has 0 bridgehead atoms. The molecule has 0 spiro atoms. The van der Waals surface area contributed by atoms with Crippen molar-refractivity contribution >= 4 is 0 Å². The molecule has 3 nitrogen and oxygen atoms in total. The molecule has 1 aliphatic heterocycles. The molecule has 3 aromatic carbocycles. The Labute approximate surface area is 178 Å². The molecule has 148 valence electrons. The van der Waals surface area contributed by atoms with Crippen LogP contribution in [0, 0.1) is 0 Å². The molecular formula is C27H25N3. The quantitative estimate of drug-likeness (QED) is 0.463. The van der Waals surface area contributed by atoms with Gasteiger partial charge >= 0.3 is 0 Å². The highest BCUT2D eigenvalue weighted by molar-refractivity contribution is 5.64. The Balaban J connectivity index is 1.49. The van der Waals surface area contributed by atoms with E-state index in [1.54, 1.807) is 0 Å². The topological polar surface area (TPSA) is 29.0 Å². The molecule has 30 heavy (non-hydrogen) atoms. The summed E-state index contributed by atoms with van der Waals surface area (Å²) >= 11 is 0. The van der Waals surface area contributed by atoms with Crippen molar-refractivity contribution in [2.24, 2.45) is 0 Å². The lowest BCUT2D eigenvalue weighted by molar-refractivity contribution is 0.241. The van der Waals surface area contributed by atoms with E-state index in [-0.39, 0.29) is 0 Å². The maximum absolute atomic E-state index is 5.03. The van der Waals surface area contributed by atoms with Crippen LogP contribution in [-0.4, -0.2) is 21.4 Å². The fourth-order valence-corrected chi connectivity index (χ4v) is 4.20. The SMILES string of the molecule is c1ccc(Cc2nc3c(c(-c4ccccc4)n2)CCN(Cc2ccccc2)C3)cc1. The van der Waals surface area contributed by atoms with Crippen LogP contribution in [0.3, 0.4) is 0 Å². The molecule has 0 aliphatic carbocycles. The van der Waals surface area contributed by atoms with Crippen LogP contribution in [0.25, 0.3) is 11.3 Å². The first kappa shape index (κ1) is 18.7. The number of rotatable bonds is 5.